The van der Waals surface area contributed by atoms with Crippen molar-refractivity contribution in [1.29, 1.82) is 0 Å². The normalized spacial score (nSPS) is 8.56. The Morgan fingerprint density at radius 1 is 1.56 bits per heavy atom. The van der Waals surface area contributed by atoms with E-state index >= 15 is 0 Å². The Balaban J connectivity index is 2.82. The quantitative estimate of drug-likeness (QED) is 0.241. The second-order valence-electron chi connectivity index (χ2n) is 1.26. The maximum absolute atomic E-state index is 7.77. The minimum atomic E-state index is 0.0832. The highest BCUT2D eigenvalue weighted by molar-refractivity contribution is 4.36. The molecule has 0 aliphatic carbocycles. The third-order valence-corrected chi connectivity index (χ3v) is 0.644. The van der Waals surface area contributed by atoms with Gasteiger partial charge in [-0.1, -0.05) is 5.11 Å². The molecule has 0 bridgehead atoms. The highest BCUT2D eigenvalue weighted by Crippen LogP contribution is 1.76. The number of hydrogen-bond acceptors (Lipinski definition) is 3. The van der Waals surface area contributed by atoms with Crippen molar-refractivity contribution < 1.29 is 9.47 Å². The maximum atomic E-state index is 7.77. The van der Waals surface area contributed by atoms with E-state index in [-0.39, 0.29) is 6.73 Å². The lowest BCUT2D eigenvalue weighted by atomic mass is 10.8. The van der Waals surface area contributed by atoms with Gasteiger partial charge in [-0.15, -0.1) is 0 Å². The van der Waals surface area contributed by atoms with E-state index in [1.165, 1.54) is 0 Å². The SMILES string of the molecule is COCCOCN=[N+]=[N-]. The van der Waals surface area contributed by atoms with Crippen LogP contribution in [0.25, 0.3) is 10.4 Å². The molecule has 0 saturated heterocycles. The minimum absolute atomic E-state index is 0.0832. The Bertz CT molecular complexity index is 100.0. The van der Waals surface area contributed by atoms with Crippen molar-refractivity contribution in [3.63, 3.8) is 0 Å². The fraction of sp³-hybridized carbons (Fsp3) is 1.00. The molecule has 0 N–H and O–H groups in total. The third kappa shape index (κ3) is 7.23. The maximum Gasteiger partial charge on any atom is 0.126 e. The number of methoxy groups -OCH3 is 1. The fourth-order valence-corrected chi connectivity index (χ4v) is 0.273. The van der Waals surface area contributed by atoms with Crippen molar-refractivity contribution in [1.82, 2.24) is 0 Å². The van der Waals surface area contributed by atoms with Gasteiger partial charge in [0.1, 0.15) is 6.73 Å². The first-order valence-electron chi connectivity index (χ1n) is 2.49. The van der Waals surface area contributed by atoms with E-state index in [1.807, 2.05) is 0 Å². The predicted octanol–water partition coefficient (Wildman–Crippen LogP) is 0.917. The van der Waals surface area contributed by atoms with E-state index in [0.29, 0.717) is 13.2 Å². The molecule has 5 heteroatoms. The van der Waals surface area contributed by atoms with E-state index < -0.39 is 0 Å². The van der Waals surface area contributed by atoms with Gasteiger partial charge in [-0.25, -0.2) is 0 Å². The van der Waals surface area contributed by atoms with Crippen molar-refractivity contribution in [2.75, 3.05) is 27.1 Å². The van der Waals surface area contributed by atoms with Gasteiger partial charge in [-0.3, -0.25) is 0 Å². The Labute approximate surface area is 53.2 Å². The number of rotatable bonds is 5. The Hall–Kier alpha value is -0.770. The Kier molecular flexibility index (Phi) is 6.61. The summed E-state index contributed by atoms with van der Waals surface area (Å²) in [6, 6.07) is 0. The highest BCUT2D eigenvalue weighted by Gasteiger charge is 1.81. The van der Waals surface area contributed by atoms with Gasteiger partial charge in [0.2, 0.25) is 0 Å². The summed E-state index contributed by atoms with van der Waals surface area (Å²) in [6.45, 7) is 1.08. The van der Waals surface area contributed by atoms with Gasteiger partial charge in [-0.05, 0) is 5.53 Å². The molecule has 9 heavy (non-hydrogen) atoms. The fourth-order valence-electron chi connectivity index (χ4n) is 0.273. The molecule has 0 saturated carbocycles. The second kappa shape index (κ2) is 7.23. The molecule has 0 atom stereocenters. The van der Waals surface area contributed by atoms with Crippen LogP contribution in [0.4, 0.5) is 0 Å². The summed E-state index contributed by atoms with van der Waals surface area (Å²) in [5.41, 5.74) is 7.77. The van der Waals surface area contributed by atoms with Crippen molar-refractivity contribution >= 4 is 0 Å². The van der Waals surface area contributed by atoms with Crippen LogP contribution in [-0.4, -0.2) is 27.1 Å². The number of azide groups is 1. The average molecular weight is 131 g/mol. The van der Waals surface area contributed by atoms with Crippen LogP contribution in [0, 0.1) is 0 Å². The van der Waals surface area contributed by atoms with Crippen LogP contribution in [0.3, 0.4) is 0 Å². The molecule has 0 amide bonds. The van der Waals surface area contributed by atoms with E-state index in [4.69, 9.17) is 10.3 Å². The Morgan fingerprint density at radius 3 is 2.89 bits per heavy atom. The largest absolute Gasteiger partial charge is 0.382 e. The molecule has 0 radical (unpaired) electrons. The summed E-state index contributed by atoms with van der Waals surface area (Å²) in [7, 11) is 1.58. The highest BCUT2D eigenvalue weighted by atomic mass is 16.5. The lowest BCUT2D eigenvalue weighted by molar-refractivity contribution is 0.0742. The number of hydrogen-bond donors (Lipinski definition) is 0. The lowest BCUT2D eigenvalue weighted by Crippen LogP contribution is -2.00. The van der Waals surface area contributed by atoms with Crippen LogP contribution in [0.1, 0.15) is 0 Å². The average Bonchev–Trinajstić information content (AvgIpc) is 1.89. The summed E-state index contributed by atoms with van der Waals surface area (Å²) in [6.07, 6.45) is 0. The molecule has 0 aliphatic rings. The van der Waals surface area contributed by atoms with Crippen molar-refractivity contribution in [3.8, 4) is 0 Å². The monoisotopic (exact) mass is 131 g/mol. The van der Waals surface area contributed by atoms with Crippen LogP contribution < -0.4 is 0 Å². The van der Waals surface area contributed by atoms with Crippen molar-refractivity contribution in [2.45, 2.75) is 0 Å². The van der Waals surface area contributed by atoms with E-state index in [0.717, 1.165) is 0 Å². The molecule has 5 nitrogen and oxygen atoms in total. The van der Waals surface area contributed by atoms with Crippen LogP contribution in [0.15, 0.2) is 5.11 Å². The summed E-state index contributed by atoms with van der Waals surface area (Å²) in [4.78, 5) is 2.49. The number of ether oxygens (including phenoxy) is 2. The molecule has 0 spiro atoms. The summed E-state index contributed by atoms with van der Waals surface area (Å²) in [5.74, 6) is 0. The number of nitrogens with zero attached hydrogens (tertiary/aromatic N) is 3. The van der Waals surface area contributed by atoms with Crippen LogP contribution in [0.2, 0.25) is 0 Å². The standard InChI is InChI=1S/C4H9N3O2/c1-8-2-3-9-4-6-7-5/h2-4H2,1H3. The summed E-state index contributed by atoms with van der Waals surface area (Å²) in [5, 5.41) is 3.15. The minimum Gasteiger partial charge on any atom is -0.382 e. The molecule has 0 heterocycles. The van der Waals surface area contributed by atoms with E-state index in [1.54, 1.807) is 7.11 Å². The molecule has 0 rings (SSSR count). The van der Waals surface area contributed by atoms with E-state index in [2.05, 4.69) is 14.8 Å². The van der Waals surface area contributed by atoms with Gasteiger partial charge >= 0.3 is 0 Å². The van der Waals surface area contributed by atoms with Gasteiger partial charge in [-0.2, -0.15) is 0 Å². The van der Waals surface area contributed by atoms with E-state index in [9.17, 15) is 0 Å². The van der Waals surface area contributed by atoms with Crippen LogP contribution in [0.5, 0.6) is 0 Å². The smallest absolute Gasteiger partial charge is 0.126 e. The van der Waals surface area contributed by atoms with Gasteiger partial charge in [0.25, 0.3) is 0 Å². The van der Waals surface area contributed by atoms with Crippen molar-refractivity contribution in [3.05, 3.63) is 10.4 Å². The second-order valence-corrected chi connectivity index (χ2v) is 1.26. The first kappa shape index (κ1) is 8.23. The zero-order chi connectivity index (χ0) is 6.95. The molecule has 0 aromatic carbocycles. The van der Waals surface area contributed by atoms with Crippen LogP contribution >= 0.6 is 0 Å². The summed E-state index contributed by atoms with van der Waals surface area (Å²) < 4.78 is 9.43. The molecular formula is C4H9N3O2. The first-order chi connectivity index (χ1) is 4.41. The summed E-state index contributed by atoms with van der Waals surface area (Å²) >= 11 is 0. The third-order valence-electron chi connectivity index (χ3n) is 0.644. The lowest BCUT2D eigenvalue weighted by Gasteiger charge is -1.96. The topological polar surface area (TPSA) is 67.2 Å². The first-order valence-corrected chi connectivity index (χ1v) is 2.49. The molecule has 0 aromatic heterocycles. The zero-order valence-electron chi connectivity index (χ0n) is 5.28. The molecular weight excluding hydrogens is 122 g/mol. The Morgan fingerprint density at radius 2 is 2.33 bits per heavy atom. The molecule has 52 valence electrons. The van der Waals surface area contributed by atoms with Crippen LogP contribution in [-0.2, 0) is 9.47 Å². The predicted molar refractivity (Wildman–Crippen MR) is 31.8 cm³/mol. The van der Waals surface area contributed by atoms with Crippen molar-refractivity contribution in [2.24, 2.45) is 5.11 Å². The zero-order valence-corrected chi connectivity index (χ0v) is 5.28. The van der Waals surface area contributed by atoms with Gasteiger partial charge in [0.05, 0.1) is 13.2 Å². The molecule has 0 aromatic rings. The molecule has 0 aliphatic heterocycles. The molecule has 0 fully saturated rings. The molecule has 0 unspecified atom stereocenters. The van der Waals surface area contributed by atoms with Gasteiger partial charge in [0, 0.05) is 12.0 Å². The van der Waals surface area contributed by atoms with Gasteiger partial charge in [0.15, 0.2) is 0 Å². The van der Waals surface area contributed by atoms with Gasteiger partial charge < -0.3 is 9.47 Å².